The molecule has 0 bridgehead atoms. The summed E-state index contributed by atoms with van der Waals surface area (Å²) >= 11 is 0. The number of para-hydroxylation sites is 2. The molecule has 1 aromatic rings. The fourth-order valence-corrected chi connectivity index (χ4v) is 2.54. The van der Waals surface area contributed by atoms with E-state index >= 15 is 0 Å². The van der Waals surface area contributed by atoms with Gasteiger partial charge in [0.05, 0.1) is 24.6 Å². The van der Waals surface area contributed by atoms with Crippen molar-refractivity contribution in [2.24, 2.45) is 0 Å². The molecule has 6 nitrogen and oxygen atoms in total. The van der Waals surface area contributed by atoms with Crippen molar-refractivity contribution < 1.29 is 14.3 Å². The van der Waals surface area contributed by atoms with Crippen LogP contribution in [0.2, 0.25) is 0 Å². The average Bonchev–Trinajstić information content (AvgIpc) is 2.59. The summed E-state index contributed by atoms with van der Waals surface area (Å²) in [6.07, 6.45) is 1.42. The Balaban J connectivity index is 1.79. The first-order chi connectivity index (χ1) is 11.3. The van der Waals surface area contributed by atoms with Gasteiger partial charge in [-0.1, -0.05) is 12.1 Å². The molecule has 2 rings (SSSR count). The van der Waals surface area contributed by atoms with Crippen molar-refractivity contribution in [1.82, 2.24) is 5.32 Å². The highest BCUT2D eigenvalue weighted by atomic mass is 16.5. The van der Waals surface area contributed by atoms with Crippen LogP contribution in [0.4, 0.5) is 11.4 Å². The number of carbonyl (C=O) groups excluding carboxylic acids is 1. The van der Waals surface area contributed by atoms with Crippen LogP contribution in [-0.2, 0) is 14.3 Å². The number of ether oxygens (including phenoxy) is 2. The predicted octanol–water partition coefficient (Wildman–Crippen LogP) is 1.48. The van der Waals surface area contributed by atoms with Crippen molar-refractivity contribution in [2.75, 3.05) is 63.3 Å². The van der Waals surface area contributed by atoms with Gasteiger partial charge in [0.25, 0.3) is 0 Å². The lowest BCUT2D eigenvalue weighted by Crippen LogP contribution is -2.36. The summed E-state index contributed by atoms with van der Waals surface area (Å²) < 4.78 is 10.4. The van der Waals surface area contributed by atoms with Crippen LogP contribution in [0.5, 0.6) is 0 Å². The number of anilines is 2. The predicted molar refractivity (Wildman–Crippen MR) is 92.1 cm³/mol. The van der Waals surface area contributed by atoms with Crippen molar-refractivity contribution in [3.63, 3.8) is 0 Å². The van der Waals surface area contributed by atoms with Gasteiger partial charge in [0, 0.05) is 39.8 Å². The summed E-state index contributed by atoms with van der Waals surface area (Å²) in [5, 5.41) is 6.27. The molecule has 0 aliphatic carbocycles. The van der Waals surface area contributed by atoms with Crippen LogP contribution in [0.15, 0.2) is 24.3 Å². The Bertz CT molecular complexity index is 476. The third kappa shape index (κ3) is 6.17. The number of nitrogens with one attached hydrogen (secondary N) is 2. The second-order valence-corrected chi connectivity index (χ2v) is 5.51. The zero-order chi connectivity index (χ0) is 16.3. The molecule has 0 radical (unpaired) electrons. The minimum absolute atomic E-state index is 0.0324. The Morgan fingerprint density at radius 3 is 2.83 bits per heavy atom. The van der Waals surface area contributed by atoms with Crippen LogP contribution < -0.4 is 15.5 Å². The van der Waals surface area contributed by atoms with Gasteiger partial charge >= 0.3 is 0 Å². The zero-order valence-corrected chi connectivity index (χ0v) is 13.8. The smallest absolute Gasteiger partial charge is 0.225 e. The molecule has 23 heavy (non-hydrogen) atoms. The van der Waals surface area contributed by atoms with E-state index in [2.05, 4.69) is 15.5 Å². The lowest BCUT2D eigenvalue weighted by molar-refractivity contribution is -0.116. The van der Waals surface area contributed by atoms with Crippen molar-refractivity contribution >= 4 is 17.3 Å². The van der Waals surface area contributed by atoms with Gasteiger partial charge in [0.2, 0.25) is 5.91 Å². The number of morpholine rings is 1. The second kappa shape index (κ2) is 10.2. The largest absolute Gasteiger partial charge is 0.385 e. The van der Waals surface area contributed by atoms with E-state index in [-0.39, 0.29) is 5.91 Å². The van der Waals surface area contributed by atoms with Crippen molar-refractivity contribution in [1.29, 1.82) is 0 Å². The molecule has 1 aromatic carbocycles. The molecule has 1 fully saturated rings. The van der Waals surface area contributed by atoms with Gasteiger partial charge in [-0.05, 0) is 25.1 Å². The molecule has 1 aliphatic rings. The number of methoxy groups -OCH3 is 1. The molecule has 1 saturated heterocycles. The number of nitrogens with zero attached hydrogens (tertiary/aromatic N) is 1. The van der Waals surface area contributed by atoms with Gasteiger partial charge in [-0.25, -0.2) is 0 Å². The third-order valence-electron chi connectivity index (χ3n) is 3.76. The van der Waals surface area contributed by atoms with Crippen molar-refractivity contribution in [3.8, 4) is 0 Å². The zero-order valence-electron chi connectivity index (χ0n) is 13.8. The van der Waals surface area contributed by atoms with Gasteiger partial charge in [0.15, 0.2) is 0 Å². The van der Waals surface area contributed by atoms with Crippen LogP contribution in [-0.4, -0.2) is 59.0 Å². The van der Waals surface area contributed by atoms with Gasteiger partial charge < -0.3 is 25.0 Å². The molecule has 2 N–H and O–H groups in total. The Labute approximate surface area is 138 Å². The Hall–Kier alpha value is -1.63. The fourth-order valence-electron chi connectivity index (χ4n) is 2.54. The summed E-state index contributed by atoms with van der Waals surface area (Å²) in [6.45, 7) is 5.45. The molecule has 0 saturated carbocycles. The van der Waals surface area contributed by atoms with Gasteiger partial charge in [-0.3, -0.25) is 4.79 Å². The van der Waals surface area contributed by atoms with Crippen LogP contribution in [0.25, 0.3) is 0 Å². The number of benzene rings is 1. The van der Waals surface area contributed by atoms with E-state index < -0.39 is 0 Å². The highest BCUT2D eigenvalue weighted by Crippen LogP contribution is 2.26. The van der Waals surface area contributed by atoms with Crippen LogP contribution in [0, 0.1) is 0 Å². The number of hydrogen-bond donors (Lipinski definition) is 2. The summed E-state index contributed by atoms with van der Waals surface area (Å²) in [5.41, 5.74) is 1.94. The maximum Gasteiger partial charge on any atom is 0.225 e. The normalized spacial score (nSPS) is 14.7. The highest BCUT2D eigenvalue weighted by molar-refractivity contribution is 5.94. The molecular formula is C17H27N3O3. The maximum atomic E-state index is 12.1. The molecular weight excluding hydrogens is 294 g/mol. The van der Waals surface area contributed by atoms with Crippen LogP contribution in [0.3, 0.4) is 0 Å². The van der Waals surface area contributed by atoms with E-state index in [1.807, 2.05) is 24.3 Å². The van der Waals surface area contributed by atoms with E-state index in [0.29, 0.717) is 13.0 Å². The molecule has 0 aromatic heterocycles. The molecule has 0 atom stereocenters. The highest BCUT2D eigenvalue weighted by Gasteiger charge is 2.15. The molecule has 0 spiro atoms. The van der Waals surface area contributed by atoms with E-state index in [1.54, 1.807) is 7.11 Å². The molecule has 0 unspecified atom stereocenters. The fraction of sp³-hybridized carbons (Fsp3) is 0.588. The minimum Gasteiger partial charge on any atom is -0.385 e. The molecule has 128 valence electrons. The molecule has 6 heteroatoms. The third-order valence-corrected chi connectivity index (χ3v) is 3.76. The summed E-state index contributed by atoms with van der Waals surface area (Å²) in [4.78, 5) is 14.4. The second-order valence-electron chi connectivity index (χ2n) is 5.51. The summed E-state index contributed by atoms with van der Waals surface area (Å²) in [6, 6.07) is 7.94. The summed E-state index contributed by atoms with van der Waals surface area (Å²) in [5.74, 6) is 0.0324. The number of rotatable bonds is 9. The van der Waals surface area contributed by atoms with Crippen LogP contribution in [0.1, 0.15) is 12.8 Å². The summed E-state index contributed by atoms with van der Waals surface area (Å²) in [7, 11) is 1.69. The first-order valence-corrected chi connectivity index (χ1v) is 8.22. The topological polar surface area (TPSA) is 62.8 Å². The van der Waals surface area contributed by atoms with Gasteiger partial charge in [-0.15, -0.1) is 0 Å². The van der Waals surface area contributed by atoms with E-state index in [9.17, 15) is 4.79 Å². The molecule has 1 amide bonds. The molecule has 1 heterocycles. The number of carbonyl (C=O) groups is 1. The van der Waals surface area contributed by atoms with E-state index in [4.69, 9.17) is 9.47 Å². The van der Waals surface area contributed by atoms with Crippen LogP contribution >= 0.6 is 0 Å². The van der Waals surface area contributed by atoms with Crippen molar-refractivity contribution in [3.05, 3.63) is 24.3 Å². The lowest BCUT2D eigenvalue weighted by Gasteiger charge is -2.30. The molecule has 1 aliphatic heterocycles. The number of amides is 1. The quantitative estimate of drug-likeness (QED) is 0.675. The maximum absolute atomic E-state index is 12.1. The van der Waals surface area contributed by atoms with Crippen molar-refractivity contribution in [2.45, 2.75) is 12.8 Å². The van der Waals surface area contributed by atoms with Gasteiger partial charge in [0.1, 0.15) is 0 Å². The van der Waals surface area contributed by atoms with Gasteiger partial charge in [-0.2, -0.15) is 0 Å². The number of hydrogen-bond acceptors (Lipinski definition) is 5. The first-order valence-electron chi connectivity index (χ1n) is 8.22. The first kappa shape index (κ1) is 17.7. The lowest BCUT2D eigenvalue weighted by atomic mass is 10.2. The van der Waals surface area contributed by atoms with E-state index in [1.165, 1.54) is 0 Å². The Morgan fingerprint density at radius 1 is 1.26 bits per heavy atom. The SMILES string of the molecule is COCCCNCCC(=O)Nc1ccccc1N1CCOCC1. The Kier molecular flexibility index (Phi) is 7.86. The van der Waals surface area contributed by atoms with E-state index in [0.717, 1.165) is 57.3 Å². The minimum atomic E-state index is 0.0324. The monoisotopic (exact) mass is 321 g/mol. The Morgan fingerprint density at radius 2 is 2.04 bits per heavy atom. The average molecular weight is 321 g/mol. The standard InChI is InChI=1S/C17H27N3O3/c1-22-12-4-8-18-9-7-17(21)19-15-5-2-3-6-16(15)20-10-13-23-14-11-20/h2-3,5-6,18H,4,7-14H2,1H3,(H,19,21).